The maximum absolute atomic E-state index is 5.56. The van der Waals surface area contributed by atoms with Crippen LogP contribution in [0.1, 0.15) is 31.2 Å². The first-order chi connectivity index (χ1) is 8.69. The molecule has 0 saturated carbocycles. The van der Waals surface area contributed by atoms with Crippen LogP contribution in [0.5, 0.6) is 0 Å². The van der Waals surface area contributed by atoms with Crippen LogP contribution >= 0.6 is 0 Å². The molecule has 0 radical (unpaired) electrons. The van der Waals surface area contributed by atoms with Crippen molar-refractivity contribution in [2.45, 2.75) is 31.7 Å². The van der Waals surface area contributed by atoms with Crippen molar-refractivity contribution in [2.24, 2.45) is 5.73 Å². The van der Waals surface area contributed by atoms with Crippen LogP contribution < -0.4 is 11.1 Å². The standard InChI is InChI=1S/C13H23N5/c1-10(7-14)17-13-15-8-12(9-16-13)11-3-5-18(2)6-4-11/h8-11H,3-7,14H2,1-2H3,(H,15,16,17). The zero-order valence-electron chi connectivity index (χ0n) is 11.3. The fraction of sp³-hybridized carbons (Fsp3) is 0.692. The van der Waals surface area contributed by atoms with Gasteiger partial charge in [-0.3, -0.25) is 0 Å². The van der Waals surface area contributed by atoms with Gasteiger partial charge in [-0.2, -0.15) is 0 Å². The molecule has 18 heavy (non-hydrogen) atoms. The normalized spacial score (nSPS) is 19.7. The van der Waals surface area contributed by atoms with Crippen molar-refractivity contribution in [3.8, 4) is 0 Å². The molecule has 3 N–H and O–H groups in total. The highest BCUT2D eigenvalue weighted by Gasteiger charge is 2.18. The number of likely N-dealkylation sites (tertiary alicyclic amines) is 1. The average molecular weight is 249 g/mol. The summed E-state index contributed by atoms with van der Waals surface area (Å²) in [6.07, 6.45) is 6.31. The maximum Gasteiger partial charge on any atom is 0.222 e. The quantitative estimate of drug-likeness (QED) is 0.834. The first-order valence-electron chi connectivity index (χ1n) is 6.66. The van der Waals surface area contributed by atoms with Crippen molar-refractivity contribution in [3.63, 3.8) is 0 Å². The first-order valence-corrected chi connectivity index (χ1v) is 6.66. The Kier molecular flexibility index (Phi) is 4.49. The van der Waals surface area contributed by atoms with Gasteiger partial charge in [0.15, 0.2) is 0 Å². The predicted octanol–water partition coefficient (Wildman–Crippen LogP) is 1.04. The topological polar surface area (TPSA) is 67.1 Å². The lowest BCUT2D eigenvalue weighted by molar-refractivity contribution is 0.255. The van der Waals surface area contributed by atoms with E-state index in [-0.39, 0.29) is 6.04 Å². The third-order valence-corrected chi connectivity index (χ3v) is 3.59. The van der Waals surface area contributed by atoms with E-state index < -0.39 is 0 Å². The number of aromatic nitrogens is 2. The lowest BCUT2D eigenvalue weighted by Crippen LogP contribution is -2.29. The summed E-state index contributed by atoms with van der Waals surface area (Å²) in [6, 6.07) is 0.208. The van der Waals surface area contributed by atoms with Crippen LogP contribution in [0, 0.1) is 0 Å². The minimum absolute atomic E-state index is 0.208. The molecule has 0 amide bonds. The second-order valence-electron chi connectivity index (χ2n) is 5.20. The monoisotopic (exact) mass is 249 g/mol. The zero-order valence-corrected chi connectivity index (χ0v) is 11.3. The molecule has 1 unspecified atom stereocenters. The van der Waals surface area contributed by atoms with Crippen molar-refractivity contribution >= 4 is 5.95 Å². The lowest BCUT2D eigenvalue weighted by atomic mass is 9.92. The molecule has 2 rings (SSSR count). The Morgan fingerprint density at radius 1 is 1.39 bits per heavy atom. The molecule has 5 heteroatoms. The molecule has 1 aromatic heterocycles. The van der Waals surface area contributed by atoms with Crippen molar-refractivity contribution in [2.75, 3.05) is 32.0 Å². The van der Waals surface area contributed by atoms with E-state index in [1.807, 2.05) is 19.3 Å². The summed E-state index contributed by atoms with van der Waals surface area (Å²) in [5.74, 6) is 1.28. The summed E-state index contributed by atoms with van der Waals surface area (Å²) in [6.45, 7) is 4.93. The van der Waals surface area contributed by atoms with E-state index in [9.17, 15) is 0 Å². The molecule has 1 saturated heterocycles. The van der Waals surface area contributed by atoms with Gasteiger partial charge < -0.3 is 16.0 Å². The molecule has 0 aromatic carbocycles. The van der Waals surface area contributed by atoms with E-state index in [0.29, 0.717) is 18.4 Å². The molecule has 1 aromatic rings. The highest BCUT2D eigenvalue weighted by molar-refractivity contribution is 5.27. The van der Waals surface area contributed by atoms with Gasteiger partial charge in [0, 0.05) is 25.0 Å². The lowest BCUT2D eigenvalue weighted by Gasteiger charge is -2.28. The zero-order chi connectivity index (χ0) is 13.0. The van der Waals surface area contributed by atoms with Gasteiger partial charge in [-0.1, -0.05) is 0 Å². The van der Waals surface area contributed by atoms with Crippen LogP contribution in [0.15, 0.2) is 12.4 Å². The van der Waals surface area contributed by atoms with Gasteiger partial charge in [0.05, 0.1) is 0 Å². The van der Waals surface area contributed by atoms with Gasteiger partial charge in [-0.25, -0.2) is 9.97 Å². The molecular formula is C13H23N5. The maximum atomic E-state index is 5.56. The van der Waals surface area contributed by atoms with Crippen LogP contribution in [-0.2, 0) is 0 Å². The Morgan fingerprint density at radius 2 is 2.00 bits per heavy atom. The van der Waals surface area contributed by atoms with E-state index in [4.69, 9.17) is 5.73 Å². The number of nitrogens with two attached hydrogens (primary N) is 1. The average Bonchev–Trinajstić information content (AvgIpc) is 2.40. The SMILES string of the molecule is CC(CN)Nc1ncc(C2CCN(C)CC2)cn1. The minimum Gasteiger partial charge on any atom is -0.351 e. The van der Waals surface area contributed by atoms with E-state index in [1.54, 1.807) is 0 Å². The third kappa shape index (κ3) is 3.40. The predicted molar refractivity (Wildman–Crippen MR) is 73.6 cm³/mol. The highest BCUT2D eigenvalue weighted by Crippen LogP contribution is 2.26. The second kappa shape index (κ2) is 6.11. The van der Waals surface area contributed by atoms with E-state index >= 15 is 0 Å². The fourth-order valence-electron chi connectivity index (χ4n) is 2.24. The number of anilines is 1. The van der Waals surface area contributed by atoms with Crippen LogP contribution in [0.2, 0.25) is 0 Å². The Balaban J connectivity index is 1.95. The van der Waals surface area contributed by atoms with Gasteiger partial charge >= 0.3 is 0 Å². The number of hydrogen-bond donors (Lipinski definition) is 2. The smallest absolute Gasteiger partial charge is 0.222 e. The Morgan fingerprint density at radius 3 is 2.56 bits per heavy atom. The third-order valence-electron chi connectivity index (χ3n) is 3.59. The molecule has 100 valence electrons. The molecule has 1 fully saturated rings. The van der Waals surface area contributed by atoms with Gasteiger partial charge in [-0.15, -0.1) is 0 Å². The minimum atomic E-state index is 0.208. The van der Waals surface area contributed by atoms with Crippen LogP contribution in [0.4, 0.5) is 5.95 Å². The number of nitrogens with one attached hydrogen (secondary N) is 1. The van der Waals surface area contributed by atoms with E-state index in [0.717, 1.165) is 13.1 Å². The number of nitrogens with zero attached hydrogens (tertiary/aromatic N) is 3. The molecule has 2 heterocycles. The molecule has 1 aliphatic rings. The molecule has 1 aliphatic heterocycles. The van der Waals surface area contributed by atoms with Gasteiger partial charge in [-0.05, 0) is 51.4 Å². The second-order valence-corrected chi connectivity index (χ2v) is 5.20. The molecular weight excluding hydrogens is 226 g/mol. The number of hydrogen-bond acceptors (Lipinski definition) is 5. The summed E-state index contributed by atoms with van der Waals surface area (Å²) in [5.41, 5.74) is 6.82. The summed E-state index contributed by atoms with van der Waals surface area (Å²) in [5, 5.41) is 3.17. The first kappa shape index (κ1) is 13.2. The van der Waals surface area contributed by atoms with Gasteiger partial charge in [0.2, 0.25) is 5.95 Å². The molecule has 5 nitrogen and oxygen atoms in total. The summed E-state index contributed by atoms with van der Waals surface area (Å²) in [4.78, 5) is 11.1. The summed E-state index contributed by atoms with van der Waals surface area (Å²) in [7, 11) is 2.17. The Labute approximate surface area is 109 Å². The molecule has 0 bridgehead atoms. The molecule has 0 aliphatic carbocycles. The number of piperidine rings is 1. The molecule has 0 spiro atoms. The van der Waals surface area contributed by atoms with Crippen molar-refractivity contribution in [3.05, 3.63) is 18.0 Å². The van der Waals surface area contributed by atoms with E-state index in [1.165, 1.54) is 18.4 Å². The fourth-order valence-corrected chi connectivity index (χ4v) is 2.24. The highest BCUT2D eigenvalue weighted by atomic mass is 15.1. The van der Waals surface area contributed by atoms with E-state index in [2.05, 4.69) is 27.2 Å². The van der Waals surface area contributed by atoms with Crippen molar-refractivity contribution in [1.82, 2.24) is 14.9 Å². The van der Waals surface area contributed by atoms with Gasteiger partial charge in [0.25, 0.3) is 0 Å². The Hall–Kier alpha value is -1.20. The molecule has 1 atom stereocenters. The van der Waals surface area contributed by atoms with Crippen LogP contribution in [0.3, 0.4) is 0 Å². The van der Waals surface area contributed by atoms with Crippen LogP contribution in [0.25, 0.3) is 0 Å². The van der Waals surface area contributed by atoms with Crippen LogP contribution in [-0.4, -0.2) is 47.6 Å². The Bertz CT molecular complexity index is 356. The van der Waals surface area contributed by atoms with Crippen molar-refractivity contribution in [1.29, 1.82) is 0 Å². The van der Waals surface area contributed by atoms with Gasteiger partial charge in [0.1, 0.15) is 0 Å². The number of rotatable bonds is 4. The summed E-state index contributed by atoms with van der Waals surface area (Å²) >= 11 is 0. The largest absolute Gasteiger partial charge is 0.351 e. The van der Waals surface area contributed by atoms with Crippen molar-refractivity contribution < 1.29 is 0 Å². The summed E-state index contributed by atoms with van der Waals surface area (Å²) < 4.78 is 0.